The van der Waals surface area contributed by atoms with Gasteiger partial charge in [0, 0.05) is 12.6 Å². The Balaban J connectivity index is 2.26. The number of anilines is 1. The third kappa shape index (κ3) is 3.11. The van der Waals surface area contributed by atoms with Gasteiger partial charge in [-0.25, -0.2) is 4.98 Å². The minimum Gasteiger partial charge on any atom is -0.391 e. The van der Waals surface area contributed by atoms with E-state index in [0.717, 1.165) is 34.6 Å². The van der Waals surface area contributed by atoms with Crippen molar-refractivity contribution in [2.45, 2.75) is 65.5 Å². The molecule has 1 aromatic heterocycles. The average Bonchev–Trinajstić information content (AvgIpc) is 2.84. The van der Waals surface area contributed by atoms with Crippen molar-refractivity contribution in [3.63, 3.8) is 0 Å². The van der Waals surface area contributed by atoms with Crippen LogP contribution in [0.3, 0.4) is 0 Å². The predicted octanol–water partition coefficient (Wildman–Crippen LogP) is 3.77. The highest BCUT2D eigenvalue weighted by atomic mass is 32.1. The van der Waals surface area contributed by atoms with E-state index in [1.54, 1.807) is 11.3 Å². The van der Waals surface area contributed by atoms with Gasteiger partial charge < -0.3 is 10.0 Å². The molecule has 0 aliphatic carbocycles. The minimum absolute atomic E-state index is 0.120. The van der Waals surface area contributed by atoms with E-state index in [2.05, 4.69) is 32.6 Å². The summed E-state index contributed by atoms with van der Waals surface area (Å²) in [5.41, 5.74) is 1.11. The zero-order valence-corrected chi connectivity index (χ0v) is 13.3. The molecule has 0 amide bonds. The lowest BCUT2D eigenvalue weighted by molar-refractivity contribution is 0.283. The van der Waals surface area contributed by atoms with E-state index in [-0.39, 0.29) is 6.61 Å². The Hall–Kier alpha value is -0.610. The molecule has 1 N–H and O–H groups in total. The Morgan fingerprint density at radius 2 is 2.16 bits per heavy atom. The number of aromatic nitrogens is 1. The third-order valence-corrected chi connectivity index (χ3v) is 5.40. The molecule has 2 rings (SSSR count). The molecule has 3 atom stereocenters. The summed E-state index contributed by atoms with van der Waals surface area (Å²) >= 11 is 1.68. The molecular formula is C15H26N2OS. The van der Waals surface area contributed by atoms with Crippen LogP contribution in [-0.4, -0.2) is 22.7 Å². The topological polar surface area (TPSA) is 36.4 Å². The molecule has 3 unspecified atom stereocenters. The zero-order chi connectivity index (χ0) is 14.0. The van der Waals surface area contributed by atoms with Gasteiger partial charge in [0.1, 0.15) is 0 Å². The van der Waals surface area contributed by atoms with Crippen LogP contribution in [0, 0.1) is 5.92 Å². The summed E-state index contributed by atoms with van der Waals surface area (Å²) in [6.45, 7) is 10.2. The van der Waals surface area contributed by atoms with Gasteiger partial charge in [-0.1, -0.05) is 32.1 Å². The second-order valence-corrected chi connectivity index (χ2v) is 7.02. The van der Waals surface area contributed by atoms with Gasteiger partial charge in [-0.3, -0.25) is 0 Å². The summed E-state index contributed by atoms with van der Waals surface area (Å²) in [6.07, 6.45) is 3.63. The van der Waals surface area contributed by atoms with Crippen molar-refractivity contribution in [3.8, 4) is 0 Å². The van der Waals surface area contributed by atoms with Crippen molar-refractivity contribution in [1.82, 2.24) is 4.98 Å². The van der Waals surface area contributed by atoms with Gasteiger partial charge in [0.2, 0.25) is 0 Å². The first-order valence-corrected chi connectivity index (χ1v) is 8.25. The highest BCUT2D eigenvalue weighted by Crippen LogP contribution is 2.35. The summed E-state index contributed by atoms with van der Waals surface area (Å²) in [4.78, 5) is 8.33. The Morgan fingerprint density at radius 1 is 1.42 bits per heavy atom. The molecule has 0 saturated carbocycles. The highest BCUT2D eigenvalue weighted by Gasteiger charge is 2.27. The first-order valence-electron chi connectivity index (χ1n) is 7.43. The number of rotatable bonds is 4. The van der Waals surface area contributed by atoms with Gasteiger partial charge in [0.15, 0.2) is 5.13 Å². The molecule has 4 heteroatoms. The first-order chi connectivity index (χ1) is 9.06. The molecule has 1 aromatic rings. The molecule has 1 aliphatic heterocycles. The van der Waals surface area contributed by atoms with Gasteiger partial charge in [0.05, 0.1) is 17.2 Å². The molecule has 1 fully saturated rings. The molecule has 1 aliphatic rings. The van der Waals surface area contributed by atoms with Crippen LogP contribution in [0.5, 0.6) is 0 Å². The van der Waals surface area contributed by atoms with Crippen LogP contribution in [-0.2, 0) is 6.61 Å². The summed E-state index contributed by atoms with van der Waals surface area (Å²) < 4.78 is 0. The maximum atomic E-state index is 9.54. The van der Waals surface area contributed by atoms with Gasteiger partial charge in [-0.15, -0.1) is 0 Å². The summed E-state index contributed by atoms with van der Waals surface area (Å²) in [5.74, 6) is 1.18. The molecule has 1 saturated heterocycles. The van der Waals surface area contributed by atoms with Crippen LogP contribution in [0.4, 0.5) is 5.13 Å². The van der Waals surface area contributed by atoms with Crippen LogP contribution in [0.25, 0.3) is 0 Å². The fourth-order valence-corrected chi connectivity index (χ4v) is 3.87. The van der Waals surface area contributed by atoms with E-state index in [4.69, 9.17) is 4.98 Å². The molecule has 0 radical (unpaired) electrons. The summed E-state index contributed by atoms with van der Waals surface area (Å²) in [7, 11) is 0. The molecule has 0 spiro atoms. The van der Waals surface area contributed by atoms with E-state index in [0.29, 0.717) is 12.0 Å². The SMILES string of the molecule is CCC(C)c1nc(N2CC(C)CCC2C)sc1CO. The van der Waals surface area contributed by atoms with Crippen LogP contribution >= 0.6 is 11.3 Å². The molecule has 108 valence electrons. The fourth-order valence-electron chi connectivity index (χ4n) is 2.72. The number of piperidine rings is 1. The Labute approximate surface area is 120 Å². The number of nitrogens with zero attached hydrogens (tertiary/aromatic N) is 2. The normalized spacial score (nSPS) is 25.6. The number of hydrogen-bond donors (Lipinski definition) is 1. The van der Waals surface area contributed by atoms with E-state index >= 15 is 0 Å². The molecule has 0 bridgehead atoms. The van der Waals surface area contributed by atoms with Crippen LogP contribution < -0.4 is 4.90 Å². The smallest absolute Gasteiger partial charge is 0.186 e. The van der Waals surface area contributed by atoms with E-state index in [9.17, 15) is 5.11 Å². The molecule has 0 aromatic carbocycles. The summed E-state index contributed by atoms with van der Waals surface area (Å²) in [5, 5.41) is 10.7. The van der Waals surface area contributed by atoms with Crippen molar-refractivity contribution in [3.05, 3.63) is 10.6 Å². The molecular weight excluding hydrogens is 256 g/mol. The second-order valence-electron chi connectivity index (χ2n) is 5.96. The Bertz CT molecular complexity index is 418. The van der Waals surface area contributed by atoms with Crippen molar-refractivity contribution in [2.75, 3.05) is 11.4 Å². The van der Waals surface area contributed by atoms with Crippen molar-refractivity contribution >= 4 is 16.5 Å². The van der Waals surface area contributed by atoms with Crippen molar-refractivity contribution < 1.29 is 5.11 Å². The number of thiazole rings is 1. The average molecular weight is 282 g/mol. The second kappa shape index (κ2) is 6.23. The lowest BCUT2D eigenvalue weighted by atomic mass is 9.96. The minimum atomic E-state index is 0.120. The van der Waals surface area contributed by atoms with Gasteiger partial charge in [-0.05, 0) is 38.0 Å². The van der Waals surface area contributed by atoms with Gasteiger partial charge in [0.25, 0.3) is 0 Å². The monoisotopic (exact) mass is 282 g/mol. The zero-order valence-electron chi connectivity index (χ0n) is 12.5. The van der Waals surface area contributed by atoms with E-state index in [1.165, 1.54) is 12.8 Å². The molecule has 3 nitrogen and oxygen atoms in total. The van der Waals surface area contributed by atoms with Crippen LogP contribution in [0.1, 0.15) is 63.4 Å². The van der Waals surface area contributed by atoms with Gasteiger partial charge in [-0.2, -0.15) is 0 Å². The van der Waals surface area contributed by atoms with E-state index < -0.39 is 0 Å². The Morgan fingerprint density at radius 3 is 2.79 bits per heavy atom. The largest absolute Gasteiger partial charge is 0.391 e. The van der Waals surface area contributed by atoms with Crippen molar-refractivity contribution in [1.29, 1.82) is 0 Å². The lowest BCUT2D eigenvalue weighted by Gasteiger charge is -2.36. The number of aliphatic hydroxyl groups is 1. The maximum Gasteiger partial charge on any atom is 0.186 e. The number of aliphatic hydroxyl groups excluding tert-OH is 1. The highest BCUT2D eigenvalue weighted by molar-refractivity contribution is 7.15. The summed E-state index contributed by atoms with van der Waals surface area (Å²) in [6, 6.07) is 0.568. The van der Waals surface area contributed by atoms with E-state index in [1.807, 2.05) is 0 Å². The van der Waals surface area contributed by atoms with Crippen molar-refractivity contribution in [2.24, 2.45) is 5.92 Å². The fraction of sp³-hybridized carbons (Fsp3) is 0.800. The maximum absolute atomic E-state index is 9.54. The standard InChI is InChI=1S/C15H26N2OS/c1-5-11(3)14-13(9-18)19-15(16-14)17-8-10(2)6-7-12(17)4/h10-12,18H,5-9H2,1-4H3. The molecule has 2 heterocycles. The molecule has 19 heavy (non-hydrogen) atoms. The quantitative estimate of drug-likeness (QED) is 0.913. The first kappa shape index (κ1) is 14.8. The number of hydrogen-bond acceptors (Lipinski definition) is 4. The lowest BCUT2D eigenvalue weighted by Crippen LogP contribution is -2.41. The third-order valence-electron chi connectivity index (χ3n) is 4.30. The van der Waals surface area contributed by atoms with Crippen LogP contribution in [0.15, 0.2) is 0 Å². The van der Waals surface area contributed by atoms with Crippen LogP contribution in [0.2, 0.25) is 0 Å². The predicted molar refractivity (Wildman–Crippen MR) is 81.9 cm³/mol. The van der Waals surface area contributed by atoms with Gasteiger partial charge >= 0.3 is 0 Å². The Kier molecular flexibility index (Phi) is 4.85.